The number of nitrogens with zero attached hydrogens (tertiary/aromatic N) is 1. The van der Waals surface area contributed by atoms with Crippen molar-refractivity contribution >= 4 is 40.8 Å². The molecule has 36 heavy (non-hydrogen) atoms. The molecule has 1 heterocycles. The summed E-state index contributed by atoms with van der Waals surface area (Å²) in [6.07, 6.45) is 5.70. The summed E-state index contributed by atoms with van der Waals surface area (Å²) in [5, 5.41) is 10.0. The Labute approximate surface area is 212 Å². The second kappa shape index (κ2) is 10.2. The van der Waals surface area contributed by atoms with Crippen LogP contribution in [0.4, 0.5) is 8.78 Å². The Balaban J connectivity index is 1.48. The highest BCUT2D eigenvalue weighted by Gasteiger charge is 2.25. The molecule has 2 atom stereocenters. The van der Waals surface area contributed by atoms with E-state index in [2.05, 4.69) is 41.4 Å². The van der Waals surface area contributed by atoms with E-state index in [1.54, 1.807) is 30.8 Å². The lowest BCUT2D eigenvalue weighted by molar-refractivity contribution is -0.140. The smallest absolute Gasteiger partial charge is 0.307 e. The van der Waals surface area contributed by atoms with Crippen LogP contribution in [-0.2, 0) is 17.6 Å². The third-order valence-electron chi connectivity index (χ3n) is 6.59. The molecular formula is C30H25F2NO2S. The molecule has 0 aliphatic heterocycles. The van der Waals surface area contributed by atoms with Crippen molar-refractivity contribution in [3.05, 3.63) is 112 Å². The second-order valence-electron chi connectivity index (χ2n) is 9.14. The van der Waals surface area contributed by atoms with E-state index in [9.17, 15) is 18.7 Å². The number of hydrogen-bond donors (Lipinski definition) is 1. The maximum atomic E-state index is 13.7. The van der Waals surface area contributed by atoms with Crippen LogP contribution in [0.3, 0.4) is 0 Å². The van der Waals surface area contributed by atoms with Crippen LogP contribution in [0.5, 0.6) is 0 Å². The molecule has 0 bridgehead atoms. The van der Waals surface area contributed by atoms with Gasteiger partial charge in [-0.25, -0.2) is 13.8 Å². The second-order valence-corrected chi connectivity index (χ2v) is 10.3. The number of halogens is 2. The SMILES string of the molecule is C[C@H](CSC1c2ccccc2CCc2ccc(/C=C/c3ccc4cc(F)c(F)cc4n3)cc21)C(=O)O. The average Bonchev–Trinajstić information content (AvgIpc) is 3.03. The normalized spacial score (nSPS) is 15.9. The van der Waals surface area contributed by atoms with Crippen LogP contribution in [0.15, 0.2) is 66.7 Å². The third-order valence-corrected chi connectivity index (χ3v) is 8.12. The molecule has 0 fully saturated rings. The Kier molecular flexibility index (Phi) is 6.88. The summed E-state index contributed by atoms with van der Waals surface area (Å²) in [6.45, 7) is 1.74. The van der Waals surface area contributed by atoms with Gasteiger partial charge in [0, 0.05) is 17.2 Å². The van der Waals surface area contributed by atoms with Crippen LogP contribution in [0.2, 0.25) is 0 Å². The molecule has 182 valence electrons. The minimum atomic E-state index is -0.914. The molecule has 1 aliphatic rings. The quantitative estimate of drug-likeness (QED) is 0.301. The van der Waals surface area contributed by atoms with E-state index in [-0.39, 0.29) is 5.25 Å². The molecule has 0 amide bonds. The number of aryl methyl sites for hydroxylation is 2. The van der Waals surface area contributed by atoms with Crippen LogP contribution in [0, 0.1) is 17.6 Å². The monoisotopic (exact) mass is 501 g/mol. The summed E-state index contributed by atoms with van der Waals surface area (Å²) < 4.78 is 27.2. The van der Waals surface area contributed by atoms with Crippen molar-refractivity contribution in [1.82, 2.24) is 4.98 Å². The average molecular weight is 502 g/mol. The first-order chi connectivity index (χ1) is 17.4. The Morgan fingerprint density at radius 3 is 2.56 bits per heavy atom. The van der Waals surface area contributed by atoms with E-state index < -0.39 is 23.5 Å². The van der Waals surface area contributed by atoms with Crippen LogP contribution in [-0.4, -0.2) is 21.8 Å². The van der Waals surface area contributed by atoms with Gasteiger partial charge in [0.15, 0.2) is 11.6 Å². The fourth-order valence-corrected chi connectivity index (χ4v) is 5.97. The number of hydrogen-bond acceptors (Lipinski definition) is 3. The van der Waals surface area contributed by atoms with Crippen molar-refractivity contribution in [2.24, 2.45) is 5.92 Å². The lowest BCUT2D eigenvalue weighted by Crippen LogP contribution is -2.13. The van der Waals surface area contributed by atoms with Crippen molar-refractivity contribution in [3.8, 4) is 0 Å². The molecule has 0 spiro atoms. The van der Waals surface area contributed by atoms with Crippen molar-refractivity contribution < 1.29 is 18.7 Å². The summed E-state index contributed by atoms with van der Waals surface area (Å²) in [5.74, 6) is -2.50. The zero-order valence-electron chi connectivity index (χ0n) is 19.7. The van der Waals surface area contributed by atoms with Crippen LogP contribution < -0.4 is 0 Å². The molecule has 0 saturated heterocycles. The van der Waals surface area contributed by atoms with E-state index in [1.807, 2.05) is 18.2 Å². The number of thioether (sulfide) groups is 1. The highest BCUT2D eigenvalue weighted by molar-refractivity contribution is 7.99. The molecule has 3 aromatic carbocycles. The highest BCUT2D eigenvalue weighted by atomic mass is 32.2. The van der Waals surface area contributed by atoms with Crippen molar-refractivity contribution in [1.29, 1.82) is 0 Å². The maximum absolute atomic E-state index is 13.7. The molecule has 3 nitrogen and oxygen atoms in total. The topological polar surface area (TPSA) is 50.2 Å². The Morgan fingerprint density at radius 2 is 1.75 bits per heavy atom. The molecule has 1 aliphatic carbocycles. The zero-order valence-corrected chi connectivity index (χ0v) is 20.6. The van der Waals surface area contributed by atoms with Gasteiger partial charge >= 0.3 is 5.97 Å². The van der Waals surface area contributed by atoms with Gasteiger partial charge in [0.1, 0.15) is 0 Å². The Morgan fingerprint density at radius 1 is 1.00 bits per heavy atom. The molecule has 6 heteroatoms. The fourth-order valence-electron chi connectivity index (χ4n) is 4.54. The first-order valence-electron chi connectivity index (χ1n) is 11.9. The Bertz CT molecular complexity index is 1480. The van der Waals surface area contributed by atoms with Gasteiger partial charge in [0.05, 0.1) is 22.4 Å². The van der Waals surface area contributed by atoms with Gasteiger partial charge in [-0.2, -0.15) is 0 Å². The lowest BCUT2D eigenvalue weighted by Gasteiger charge is -2.21. The molecule has 1 unspecified atom stereocenters. The molecule has 1 aromatic heterocycles. The number of pyridine rings is 1. The summed E-state index contributed by atoms with van der Waals surface area (Å²) in [5.41, 5.74) is 7.06. The van der Waals surface area contributed by atoms with E-state index in [0.717, 1.165) is 30.5 Å². The van der Waals surface area contributed by atoms with Crippen LogP contribution >= 0.6 is 11.8 Å². The third kappa shape index (κ3) is 5.05. The molecule has 4 aromatic rings. The zero-order chi connectivity index (χ0) is 25.2. The predicted octanol–water partition coefficient (Wildman–Crippen LogP) is 7.33. The van der Waals surface area contributed by atoms with Gasteiger partial charge in [-0.05, 0) is 58.9 Å². The van der Waals surface area contributed by atoms with Gasteiger partial charge < -0.3 is 5.11 Å². The number of rotatable bonds is 6. The molecule has 1 N–H and O–H groups in total. The van der Waals surface area contributed by atoms with E-state index in [4.69, 9.17) is 0 Å². The molecule has 0 radical (unpaired) electrons. The number of benzene rings is 3. The van der Waals surface area contributed by atoms with Crippen LogP contribution in [0.25, 0.3) is 23.1 Å². The number of fused-ring (bicyclic) bond motifs is 3. The van der Waals surface area contributed by atoms with Crippen molar-refractivity contribution in [2.75, 3.05) is 5.75 Å². The van der Waals surface area contributed by atoms with E-state index >= 15 is 0 Å². The van der Waals surface area contributed by atoms with Gasteiger partial charge in [-0.15, -0.1) is 11.8 Å². The maximum Gasteiger partial charge on any atom is 0.307 e. The first kappa shape index (κ1) is 24.2. The number of aromatic nitrogens is 1. The largest absolute Gasteiger partial charge is 0.481 e. The van der Waals surface area contributed by atoms with Gasteiger partial charge in [0.2, 0.25) is 0 Å². The standard InChI is InChI=1S/C30H25F2NO2S/c1-18(30(34)35)17-36-29-24-5-3-2-4-20(24)9-10-21-8-6-19(14-25(21)29)7-12-23-13-11-22-15-26(31)27(32)16-28(22)33-23/h2-8,11-16,18,29H,9-10,17H2,1H3,(H,34,35)/b12-7+/t18-,29?/m1/s1. The summed E-state index contributed by atoms with van der Waals surface area (Å²) in [7, 11) is 0. The van der Waals surface area contributed by atoms with Crippen molar-refractivity contribution in [2.45, 2.75) is 25.0 Å². The van der Waals surface area contributed by atoms with E-state index in [1.165, 1.54) is 22.3 Å². The lowest BCUT2D eigenvalue weighted by atomic mass is 9.97. The first-order valence-corrected chi connectivity index (χ1v) is 12.9. The number of carboxylic acid groups (broad SMARTS) is 1. The van der Waals surface area contributed by atoms with Gasteiger partial charge in [0.25, 0.3) is 0 Å². The summed E-state index contributed by atoms with van der Waals surface area (Å²) in [6, 6.07) is 20.6. The minimum Gasteiger partial charge on any atom is -0.481 e. The Hall–Kier alpha value is -3.51. The van der Waals surface area contributed by atoms with E-state index in [0.29, 0.717) is 22.3 Å². The summed E-state index contributed by atoms with van der Waals surface area (Å²) >= 11 is 1.68. The number of aliphatic carboxylic acids is 1. The molecular weight excluding hydrogens is 476 g/mol. The van der Waals surface area contributed by atoms with Crippen LogP contribution in [0.1, 0.15) is 45.7 Å². The molecule has 0 saturated carbocycles. The molecule has 5 rings (SSSR count). The number of carbonyl (C=O) groups is 1. The fraction of sp³-hybridized carbons (Fsp3) is 0.200. The van der Waals surface area contributed by atoms with Gasteiger partial charge in [-0.3, -0.25) is 4.79 Å². The minimum absolute atomic E-state index is 0.0468. The van der Waals surface area contributed by atoms with Gasteiger partial charge in [-0.1, -0.05) is 61.5 Å². The predicted molar refractivity (Wildman–Crippen MR) is 142 cm³/mol. The number of carboxylic acids is 1. The summed E-state index contributed by atoms with van der Waals surface area (Å²) in [4.78, 5) is 15.9. The highest BCUT2D eigenvalue weighted by Crippen LogP contribution is 2.43. The van der Waals surface area contributed by atoms with Crippen molar-refractivity contribution in [3.63, 3.8) is 0 Å².